The molecule has 0 aromatic carbocycles. The zero-order valence-electron chi connectivity index (χ0n) is 17.6. The van der Waals surface area contributed by atoms with Crippen LogP contribution in [0.5, 0.6) is 0 Å². The molecule has 4 aliphatic rings. The molecule has 4 atom stereocenters. The number of carbonyl (C=O) groups excluding carboxylic acids is 1. The average molecular weight is 379 g/mol. The molecule has 154 valence electrons. The number of nitrogens with zero attached hydrogens (tertiary/aromatic N) is 1. The maximum atomic E-state index is 12.7. The maximum Gasteiger partial charge on any atom is 0.410 e. The van der Waals surface area contributed by atoms with Crippen molar-refractivity contribution in [1.29, 1.82) is 0 Å². The fourth-order valence-electron chi connectivity index (χ4n) is 6.33. The zero-order chi connectivity index (χ0) is 19.2. The van der Waals surface area contributed by atoms with Crippen molar-refractivity contribution < 1.29 is 14.3 Å². The predicted octanol–water partition coefficient (Wildman–Crippen LogP) is 4.24. The molecule has 5 heteroatoms. The first-order chi connectivity index (χ1) is 12.8. The van der Waals surface area contributed by atoms with E-state index < -0.39 is 5.60 Å². The van der Waals surface area contributed by atoms with Crippen molar-refractivity contribution in [1.82, 2.24) is 10.2 Å². The molecule has 2 saturated heterocycles. The molecule has 0 aromatic heterocycles. The number of amides is 1. The first kappa shape index (κ1) is 19.5. The Balaban J connectivity index is 1.36. The summed E-state index contributed by atoms with van der Waals surface area (Å²) < 4.78 is 11.7. The molecule has 4 fully saturated rings. The number of nitrogens with one attached hydrogen (secondary N) is 1. The van der Waals surface area contributed by atoms with Crippen LogP contribution >= 0.6 is 0 Å². The van der Waals surface area contributed by atoms with E-state index in [-0.39, 0.29) is 6.09 Å². The van der Waals surface area contributed by atoms with Crippen LogP contribution in [0.1, 0.15) is 85.5 Å². The zero-order valence-corrected chi connectivity index (χ0v) is 17.6. The van der Waals surface area contributed by atoms with Crippen LogP contribution < -0.4 is 5.32 Å². The second kappa shape index (κ2) is 7.22. The van der Waals surface area contributed by atoms with Crippen molar-refractivity contribution in [2.24, 2.45) is 5.41 Å². The summed E-state index contributed by atoms with van der Waals surface area (Å²) in [4.78, 5) is 14.7. The quantitative estimate of drug-likeness (QED) is 0.795. The van der Waals surface area contributed by atoms with Crippen molar-refractivity contribution in [3.63, 3.8) is 0 Å². The molecule has 1 spiro atoms. The molecule has 5 nitrogen and oxygen atoms in total. The highest BCUT2D eigenvalue weighted by atomic mass is 16.6. The number of ether oxygens (including phenoxy) is 2. The minimum atomic E-state index is -0.416. The molecule has 2 aliphatic heterocycles. The predicted molar refractivity (Wildman–Crippen MR) is 106 cm³/mol. The van der Waals surface area contributed by atoms with Crippen molar-refractivity contribution in [3.05, 3.63) is 0 Å². The van der Waals surface area contributed by atoms with Crippen LogP contribution in [0, 0.1) is 5.41 Å². The Bertz CT molecular complexity index is 538. The molecule has 2 bridgehead atoms. The molecule has 0 aromatic rings. The van der Waals surface area contributed by atoms with E-state index in [4.69, 9.17) is 9.47 Å². The van der Waals surface area contributed by atoms with Gasteiger partial charge in [0.1, 0.15) is 5.60 Å². The van der Waals surface area contributed by atoms with Crippen LogP contribution in [-0.4, -0.2) is 53.5 Å². The third-order valence-corrected chi connectivity index (χ3v) is 7.46. The fraction of sp³-hybridized carbons (Fsp3) is 0.955. The molecule has 27 heavy (non-hydrogen) atoms. The average Bonchev–Trinajstić information content (AvgIpc) is 3.18. The molecule has 1 amide bonds. The summed E-state index contributed by atoms with van der Waals surface area (Å²) in [6, 6.07) is 1.83. The molecule has 1 N–H and O–H groups in total. The lowest BCUT2D eigenvalue weighted by atomic mass is 9.60. The fourth-order valence-corrected chi connectivity index (χ4v) is 6.33. The topological polar surface area (TPSA) is 50.8 Å². The van der Waals surface area contributed by atoms with Crippen LogP contribution in [0.2, 0.25) is 0 Å². The summed E-state index contributed by atoms with van der Waals surface area (Å²) in [5.74, 6) is 0. The van der Waals surface area contributed by atoms with E-state index in [0.29, 0.717) is 35.7 Å². The number of fused-ring (bicyclic) bond motifs is 2. The highest BCUT2D eigenvalue weighted by molar-refractivity contribution is 5.69. The minimum absolute atomic E-state index is 0.110. The minimum Gasteiger partial charge on any atom is -0.444 e. The Labute approximate surface area is 164 Å². The van der Waals surface area contributed by atoms with E-state index in [1.807, 2.05) is 20.8 Å². The Kier molecular flexibility index (Phi) is 5.21. The van der Waals surface area contributed by atoms with Crippen LogP contribution in [0.4, 0.5) is 4.79 Å². The summed E-state index contributed by atoms with van der Waals surface area (Å²) in [6.07, 6.45) is 11.2. The van der Waals surface area contributed by atoms with Crippen LogP contribution in [0.25, 0.3) is 0 Å². The summed E-state index contributed by atoms with van der Waals surface area (Å²) in [7, 11) is 0. The molecule has 0 radical (unpaired) electrons. The summed E-state index contributed by atoms with van der Waals surface area (Å²) in [5, 5.41) is 4.03. The van der Waals surface area contributed by atoms with Crippen LogP contribution in [0.15, 0.2) is 0 Å². The van der Waals surface area contributed by atoms with Gasteiger partial charge in [0.2, 0.25) is 0 Å². The van der Waals surface area contributed by atoms with Gasteiger partial charge in [0.25, 0.3) is 0 Å². The molecular formula is C22H38N2O3. The van der Waals surface area contributed by atoms with E-state index in [1.54, 1.807) is 0 Å². The van der Waals surface area contributed by atoms with E-state index >= 15 is 0 Å². The lowest BCUT2D eigenvalue weighted by Gasteiger charge is -2.56. The second-order valence-corrected chi connectivity index (χ2v) is 10.3. The van der Waals surface area contributed by atoms with Crippen molar-refractivity contribution in [2.45, 2.75) is 121 Å². The highest BCUT2D eigenvalue weighted by Crippen LogP contribution is 2.55. The third-order valence-electron chi connectivity index (χ3n) is 7.46. The van der Waals surface area contributed by atoms with Gasteiger partial charge in [-0.05, 0) is 72.6 Å². The SMILES string of the molecule is CCOC1CC(NC2CC3CCC(C2)N3C(=O)OC(C)(C)C)C12CCCC2. The van der Waals surface area contributed by atoms with E-state index in [9.17, 15) is 4.79 Å². The monoisotopic (exact) mass is 378 g/mol. The number of rotatable bonds is 4. The molecule has 4 rings (SSSR count). The van der Waals surface area contributed by atoms with Gasteiger partial charge in [-0.1, -0.05) is 12.8 Å². The number of hydrogen-bond acceptors (Lipinski definition) is 4. The molecule has 2 heterocycles. The first-order valence-corrected chi connectivity index (χ1v) is 11.2. The largest absolute Gasteiger partial charge is 0.444 e. The Morgan fingerprint density at radius 1 is 1.11 bits per heavy atom. The van der Waals surface area contributed by atoms with E-state index in [1.165, 1.54) is 25.7 Å². The van der Waals surface area contributed by atoms with Crippen molar-refractivity contribution in [3.8, 4) is 0 Å². The maximum absolute atomic E-state index is 12.7. The normalized spacial score (nSPS) is 37.5. The summed E-state index contributed by atoms with van der Waals surface area (Å²) in [5.41, 5.74) is -0.0297. The smallest absolute Gasteiger partial charge is 0.410 e. The van der Waals surface area contributed by atoms with Gasteiger partial charge in [0, 0.05) is 36.2 Å². The Morgan fingerprint density at radius 3 is 2.30 bits per heavy atom. The Morgan fingerprint density at radius 2 is 1.74 bits per heavy atom. The Hall–Kier alpha value is -0.810. The van der Waals surface area contributed by atoms with Gasteiger partial charge >= 0.3 is 6.09 Å². The van der Waals surface area contributed by atoms with Gasteiger partial charge < -0.3 is 19.7 Å². The van der Waals surface area contributed by atoms with Gasteiger partial charge in [0.15, 0.2) is 0 Å². The third kappa shape index (κ3) is 3.62. The number of piperidine rings is 1. The lowest BCUT2D eigenvalue weighted by Crippen LogP contribution is -2.65. The van der Waals surface area contributed by atoms with Gasteiger partial charge in [0.05, 0.1) is 6.10 Å². The first-order valence-electron chi connectivity index (χ1n) is 11.2. The van der Waals surface area contributed by atoms with Gasteiger partial charge in [-0.15, -0.1) is 0 Å². The second-order valence-electron chi connectivity index (χ2n) is 10.3. The highest BCUT2D eigenvalue weighted by Gasteiger charge is 2.57. The van der Waals surface area contributed by atoms with Gasteiger partial charge in [-0.25, -0.2) is 4.79 Å². The van der Waals surface area contributed by atoms with Crippen LogP contribution in [-0.2, 0) is 9.47 Å². The van der Waals surface area contributed by atoms with Crippen LogP contribution in [0.3, 0.4) is 0 Å². The summed E-state index contributed by atoms with van der Waals surface area (Å²) >= 11 is 0. The summed E-state index contributed by atoms with van der Waals surface area (Å²) in [6.45, 7) is 8.81. The lowest BCUT2D eigenvalue weighted by molar-refractivity contribution is -0.134. The standard InChI is InChI=1S/C22H38N2O3/c1-5-26-19-14-18(22(19)10-6-7-11-22)23-15-12-16-8-9-17(13-15)24(16)20(25)27-21(2,3)4/h15-19,23H,5-14H2,1-4H3. The molecule has 2 aliphatic carbocycles. The van der Waals surface area contributed by atoms with E-state index in [2.05, 4.69) is 17.1 Å². The molecular weight excluding hydrogens is 340 g/mol. The van der Waals surface area contributed by atoms with E-state index in [0.717, 1.165) is 38.7 Å². The van der Waals surface area contributed by atoms with Gasteiger partial charge in [-0.3, -0.25) is 0 Å². The number of hydrogen-bond donors (Lipinski definition) is 1. The van der Waals surface area contributed by atoms with Crippen molar-refractivity contribution in [2.75, 3.05) is 6.61 Å². The molecule has 2 saturated carbocycles. The van der Waals surface area contributed by atoms with Crippen molar-refractivity contribution >= 4 is 6.09 Å². The number of carbonyl (C=O) groups is 1. The van der Waals surface area contributed by atoms with Gasteiger partial charge in [-0.2, -0.15) is 0 Å². The molecule has 4 unspecified atom stereocenters.